The lowest BCUT2D eigenvalue weighted by Gasteiger charge is -2.43. The number of aryl methyl sites for hydroxylation is 1. The summed E-state index contributed by atoms with van der Waals surface area (Å²) in [7, 11) is 0. The number of carbonyl (C=O) groups is 4. The molecule has 0 bridgehead atoms. The number of hydrogen-bond acceptors (Lipinski definition) is 5. The van der Waals surface area contributed by atoms with E-state index in [1.165, 1.54) is 6.92 Å². The lowest BCUT2D eigenvalue weighted by atomic mass is 9.64. The van der Waals surface area contributed by atoms with Gasteiger partial charge in [-0.3, -0.25) is 19.3 Å². The molecule has 7 heteroatoms. The Hall–Kier alpha value is -2.70. The van der Waals surface area contributed by atoms with Gasteiger partial charge in [-0.15, -0.1) is 0 Å². The summed E-state index contributed by atoms with van der Waals surface area (Å²) in [6.07, 6.45) is 1.91. The van der Waals surface area contributed by atoms with Crippen molar-refractivity contribution in [2.75, 3.05) is 6.54 Å². The third-order valence-corrected chi connectivity index (χ3v) is 6.24. The minimum atomic E-state index is -1.01. The van der Waals surface area contributed by atoms with E-state index in [9.17, 15) is 19.2 Å². The Bertz CT molecular complexity index is 892. The highest BCUT2D eigenvalue weighted by molar-refractivity contribution is 6.09. The smallest absolute Gasteiger partial charge is 0.326 e. The first-order chi connectivity index (χ1) is 14.5. The van der Waals surface area contributed by atoms with Crippen LogP contribution in [0.5, 0.6) is 0 Å². The van der Waals surface area contributed by atoms with Gasteiger partial charge in [-0.2, -0.15) is 0 Å². The Balaban J connectivity index is 1.64. The fraction of sp³-hybridized carbons (Fsp3) is 0.583. The third kappa shape index (κ3) is 4.81. The molecule has 1 aliphatic carbocycles. The number of esters is 1. The molecular formula is C24H32N2O5. The number of carbonyl (C=O) groups excluding carboxylic acids is 4. The zero-order valence-corrected chi connectivity index (χ0v) is 19.0. The van der Waals surface area contributed by atoms with Crippen molar-refractivity contribution in [3.63, 3.8) is 0 Å². The van der Waals surface area contributed by atoms with E-state index in [0.29, 0.717) is 18.4 Å². The van der Waals surface area contributed by atoms with Crippen LogP contribution in [0.3, 0.4) is 0 Å². The van der Waals surface area contributed by atoms with E-state index < -0.39 is 30.2 Å². The van der Waals surface area contributed by atoms with Crippen molar-refractivity contribution in [3.8, 4) is 0 Å². The van der Waals surface area contributed by atoms with Gasteiger partial charge in [-0.25, -0.2) is 4.79 Å². The van der Waals surface area contributed by atoms with Gasteiger partial charge in [0.1, 0.15) is 12.1 Å². The van der Waals surface area contributed by atoms with Gasteiger partial charge >= 0.3 is 12.0 Å². The second-order valence-corrected chi connectivity index (χ2v) is 9.80. The van der Waals surface area contributed by atoms with Gasteiger partial charge in [-0.1, -0.05) is 52.0 Å². The number of urea groups is 1. The van der Waals surface area contributed by atoms with Crippen molar-refractivity contribution in [1.29, 1.82) is 0 Å². The first kappa shape index (κ1) is 23.0. The molecule has 1 heterocycles. The van der Waals surface area contributed by atoms with Crippen molar-refractivity contribution in [2.24, 2.45) is 11.3 Å². The number of ketones is 1. The van der Waals surface area contributed by atoms with Crippen LogP contribution >= 0.6 is 0 Å². The molecule has 1 aromatic carbocycles. The van der Waals surface area contributed by atoms with Gasteiger partial charge in [-0.05, 0) is 49.5 Å². The van der Waals surface area contributed by atoms with E-state index in [2.05, 4.69) is 26.1 Å². The van der Waals surface area contributed by atoms with Crippen molar-refractivity contribution in [3.05, 3.63) is 35.4 Å². The molecule has 31 heavy (non-hydrogen) atoms. The van der Waals surface area contributed by atoms with Gasteiger partial charge in [0, 0.05) is 5.56 Å². The number of benzene rings is 1. The maximum Gasteiger partial charge on any atom is 0.326 e. The van der Waals surface area contributed by atoms with Crippen LogP contribution in [0.2, 0.25) is 0 Å². The van der Waals surface area contributed by atoms with Gasteiger partial charge < -0.3 is 10.1 Å². The fourth-order valence-electron chi connectivity index (χ4n) is 5.21. The third-order valence-electron chi connectivity index (χ3n) is 6.24. The number of imide groups is 1. The van der Waals surface area contributed by atoms with Crippen LogP contribution in [-0.4, -0.2) is 46.8 Å². The lowest BCUT2D eigenvalue weighted by Crippen LogP contribution is -2.54. The predicted molar refractivity (Wildman–Crippen MR) is 115 cm³/mol. The highest BCUT2D eigenvalue weighted by atomic mass is 16.5. The molecule has 1 N–H and O–H groups in total. The van der Waals surface area contributed by atoms with Crippen molar-refractivity contribution < 1.29 is 23.9 Å². The Morgan fingerprint density at radius 1 is 1.19 bits per heavy atom. The number of nitrogens with one attached hydrogen (secondary N) is 1. The molecule has 0 unspecified atom stereocenters. The summed E-state index contributed by atoms with van der Waals surface area (Å²) in [6, 6.07) is 6.56. The van der Waals surface area contributed by atoms with Crippen LogP contribution in [0.25, 0.3) is 0 Å². The van der Waals surface area contributed by atoms with Crippen LogP contribution in [0.4, 0.5) is 4.79 Å². The second kappa shape index (κ2) is 8.44. The molecule has 0 radical (unpaired) electrons. The van der Waals surface area contributed by atoms with E-state index in [1.807, 2.05) is 19.1 Å². The van der Waals surface area contributed by atoms with E-state index in [4.69, 9.17) is 4.74 Å². The predicted octanol–water partition coefficient (Wildman–Crippen LogP) is 3.50. The zero-order chi connectivity index (χ0) is 23.0. The number of Topliss-reactive ketones (excluding diaryl/α,β-unsaturated/α-hetero) is 1. The number of hydrogen-bond donors (Lipinski definition) is 1. The van der Waals surface area contributed by atoms with E-state index >= 15 is 0 Å². The summed E-state index contributed by atoms with van der Waals surface area (Å²) < 4.78 is 5.26. The van der Waals surface area contributed by atoms with Crippen LogP contribution in [0.15, 0.2) is 24.3 Å². The average Bonchev–Trinajstić information content (AvgIpc) is 2.89. The molecule has 1 spiro atoms. The van der Waals surface area contributed by atoms with Gasteiger partial charge in [0.15, 0.2) is 6.10 Å². The Morgan fingerprint density at radius 3 is 2.42 bits per heavy atom. The second-order valence-electron chi connectivity index (χ2n) is 9.80. The van der Waals surface area contributed by atoms with E-state index in [1.54, 1.807) is 12.1 Å². The summed E-state index contributed by atoms with van der Waals surface area (Å²) in [5.41, 5.74) is 0.491. The largest absolute Gasteiger partial charge is 0.453 e. The molecule has 1 aromatic rings. The fourth-order valence-corrected chi connectivity index (χ4v) is 5.21. The van der Waals surface area contributed by atoms with Gasteiger partial charge in [0.25, 0.3) is 5.91 Å². The lowest BCUT2D eigenvalue weighted by molar-refractivity contribution is -0.150. The average molecular weight is 429 g/mol. The summed E-state index contributed by atoms with van der Waals surface area (Å²) in [6.45, 7) is 9.25. The molecule has 1 saturated heterocycles. The minimum absolute atomic E-state index is 0.0919. The highest BCUT2D eigenvalue weighted by Gasteiger charge is 2.56. The summed E-state index contributed by atoms with van der Waals surface area (Å²) in [5.74, 6) is -1.22. The summed E-state index contributed by atoms with van der Waals surface area (Å²) in [5, 5.41) is 2.84. The first-order valence-corrected chi connectivity index (χ1v) is 10.9. The zero-order valence-electron chi connectivity index (χ0n) is 19.0. The number of ether oxygens (including phenoxy) is 1. The highest BCUT2D eigenvalue weighted by Crippen LogP contribution is 2.46. The molecule has 3 atom stereocenters. The normalized spacial score (nSPS) is 26.0. The Morgan fingerprint density at radius 2 is 1.84 bits per heavy atom. The number of nitrogens with zero attached hydrogens (tertiary/aromatic N) is 1. The molecule has 3 amide bonds. The van der Waals surface area contributed by atoms with Gasteiger partial charge in [0.05, 0.1) is 0 Å². The molecule has 0 aromatic heterocycles. The SMILES string of the molecule is CCc1ccc(C(=O)[C@H](C)OC(=O)CN2C(=O)N[C@@]3(C[C@H](C)CC(C)(C)C3)C2=O)cc1. The molecule has 168 valence electrons. The molecule has 1 saturated carbocycles. The quantitative estimate of drug-likeness (QED) is 0.425. The molecule has 3 rings (SSSR count). The topological polar surface area (TPSA) is 92.8 Å². The molecule has 7 nitrogen and oxygen atoms in total. The van der Waals surface area contributed by atoms with E-state index in [-0.39, 0.29) is 23.0 Å². The Labute approximate surface area is 183 Å². The van der Waals surface area contributed by atoms with Gasteiger partial charge in [0.2, 0.25) is 5.78 Å². The van der Waals surface area contributed by atoms with Crippen LogP contribution < -0.4 is 5.32 Å². The van der Waals surface area contributed by atoms with Crippen molar-refractivity contribution in [2.45, 2.75) is 71.9 Å². The maximum absolute atomic E-state index is 13.1. The van der Waals surface area contributed by atoms with Crippen molar-refractivity contribution in [1.82, 2.24) is 10.2 Å². The maximum atomic E-state index is 13.1. The summed E-state index contributed by atoms with van der Waals surface area (Å²) in [4.78, 5) is 51.6. The minimum Gasteiger partial charge on any atom is -0.453 e. The molecule has 2 fully saturated rings. The Kier molecular flexibility index (Phi) is 6.25. The molecule has 2 aliphatic rings. The van der Waals surface area contributed by atoms with Crippen LogP contribution in [-0.2, 0) is 20.7 Å². The standard InChI is InChI=1S/C24H32N2O5/c1-6-17-7-9-18(10-8-17)20(28)16(3)31-19(27)13-26-21(29)24(25-22(26)30)12-15(2)11-23(4,5)14-24/h7-10,15-16H,6,11-14H2,1-5H3,(H,25,30)/t15-,16+,24-/m1/s1. The van der Waals surface area contributed by atoms with Crippen LogP contribution in [0.1, 0.15) is 69.8 Å². The van der Waals surface area contributed by atoms with Crippen LogP contribution in [0, 0.1) is 11.3 Å². The number of rotatable bonds is 6. The first-order valence-electron chi connectivity index (χ1n) is 10.9. The molecular weight excluding hydrogens is 396 g/mol. The van der Waals surface area contributed by atoms with Crippen molar-refractivity contribution >= 4 is 23.7 Å². The molecule has 1 aliphatic heterocycles. The monoisotopic (exact) mass is 428 g/mol. The summed E-state index contributed by atoms with van der Waals surface area (Å²) >= 11 is 0. The van der Waals surface area contributed by atoms with E-state index in [0.717, 1.165) is 23.3 Å². The number of amides is 3.